The van der Waals surface area contributed by atoms with Crippen molar-refractivity contribution in [1.29, 1.82) is 0 Å². The molecule has 0 spiro atoms. The van der Waals surface area contributed by atoms with E-state index in [0.717, 1.165) is 4.88 Å². The Kier molecular flexibility index (Phi) is 3.76. The molecule has 0 radical (unpaired) electrons. The molecule has 0 saturated heterocycles. The van der Waals surface area contributed by atoms with E-state index in [1.165, 1.54) is 0 Å². The quantitative estimate of drug-likeness (QED) is 0.711. The van der Waals surface area contributed by atoms with E-state index < -0.39 is 0 Å². The summed E-state index contributed by atoms with van der Waals surface area (Å²) in [5.41, 5.74) is 0. The summed E-state index contributed by atoms with van der Waals surface area (Å²) in [6.45, 7) is 0.282. The average Bonchev–Trinajstić information content (AvgIpc) is 2.53. The number of hydrogen-bond acceptors (Lipinski definition) is 3. The van der Waals surface area contributed by atoms with Gasteiger partial charge < -0.3 is 10.1 Å². The van der Waals surface area contributed by atoms with Gasteiger partial charge >= 0.3 is 0 Å². The minimum absolute atomic E-state index is 0.000648. The molecule has 0 aliphatic carbocycles. The van der Waals surface area contributed by atoms with Crippen LogP contribution in [0.1, 0.15) is 4.88 Å². The highest BCUT2D eigenvalue weighted by molar-refractivity contribution is 7.10. The average molecular weight is 185 g/mol. The van der Waals surface area contributed by atoms with Crippen LogP contribution in [0, 0.1) is 0 Å². The molecule has 1 rings (SSSR count). The first-order valence-corrected chi connectivity index (χ1v) is 4.49. The zero-order chi connectivity index (χ0) is 8.81. The van der Waals surface area contributed by atoms with E-state index >= 15 is 0 Å². The molecule has 0 saturated carbocycles. The van der Waals surface area contributed by atoms with E-state index in [-0.39, 0.29) is 12.6 Å². The smallest absolute Gasteiger partial charge is 0.227 e. The van der Waals surface area contributed by atoms with Crippen molar-refractivity contribution in [1.82, 2.24) is 5.32 Å². The molecule has 0 unspecified atom stereocenters. The number of amides is 1. The monoisotopic (exact) mass is 185 g/mol. The van der Waals surface area contributed by atoms with E-state index in [9.17, 15) is 4.79 Å². The fourth-order valence-corrected chi connectivity index (χ4v) is 1.49. The highest BCUT2D eigenvalue weighted by Gasteiger charge is 2.01. The van der Waals surface area contributed by atoms with E-state index in [4.69, 9.17) is 4.74 Å². The first kappa shape index (κ1) is 9.22. The topological polar surface area (TPSA) is 38.3 Å². The van der Waals surface area contributed by atoms with Crippen molar-refractivity contribution in [2.24, 2.45) is 0 Å². The molecule has 3 nitrogen and oxygen atoms in total. The van der Waals surface area contributed by atoms with Gasteiger partial charge in [-0.2, -0.15) is 0 Å². The first-order valence-electron chi connectivity index (χ1n) is 3.61. The number of ether oxygens (including phenoxy) is 1. The van der Waals surface area contributed by atoms with Crippen molar-refractivity contribution in [2.75, 3.05) is 13.8 Å². The zero-order valence-corrected chi connectivity index (χ0v) is 7.69. The van der Waals surface area contributed by atoms with Crippen molar-refractivity contribution < 1.29 is 9.53 Å². The number of rotatable bonds is 4. The molecule has 0 fully saturated rings. The summed E-state index contributed by atoms with van der Waals surface area (Å²) in [5.74, 6) is -0.000648. The highest BCUT2D eigenvalue weighted by atomic mass is 32.1. The summed E-state index contributed by atoms with van der Waals surface area (Å²) in [4.78, 5) is 12.2. The standard InChI is InChI=1S/C8H11NO2S/c1-11-6-9-8(10)5-7-3-2-4-12-7/h2-4H,5-6H2,1H3,(H,9,10). The number of carbonyl (C=O) groups is 1. The van der Waals surface area contributed by atoms with Gasteiger partial charge in [-0.05, 0) is 11.4 Å². The molecular weight excluding hydrogens is 174 g/mol. The molecule has 0 aliphatic rings. The van der Waals surface area contributed by atoms with Crippen LogP contribution in [0.5, 0.6) is 0 Å². The minimum atomic E-state index is -0.000648. The lowest BCUT2D eigenvalue weighted by Gasteiger charge is -2.00. The predicted molar refractivity (Wildman–Crippen MR) is 48.0 cm³/mol. The second-order valence-electron chi connectivity index (χ2n) is 2.29. The molecular formula is C8H11NO2S. The van der Waals surface area contributed by atoms with E-state index in [0.29, 0.717) is 6.42 Å². The molecule has 1 amide bonds. The number of thiophene rings is 1. The summed E-state index contributed by atoms with van der Waals surface area (Å²) in [6, 6.07) is 3.88. The Hall–Kier alpha value is -0.870. The van der Waals surface area contributed by atoms with Crippen LogP contribution in [-0.4, -0.2) is 19.7 Å². The number of methoxy groups -OCH3 is 1. The van der Waals surface area contributed by atoms with Crippen molar-refractivity contribution in [3.63, 3.8) is 0 Å². The van der Waals surface area contributed by atoms with Crippen LogP contribution < -0.4 is 5.32 Å². The third-order valence-corrected chi connectivity index (χ3v) is 2.20. The van der Waals surface area contributed by atoms with Crippen molar-refractivity contribution in [3.05, 3.63) is 22.4 Å². The van der Waals surface area contributed by atoms with Crippen LogP contribution in [0.3, 0.4) is 0 Å². The Morgan fingerprint density at radius 3 is 3.17 bits per heavy atom. The molecule has 0 atom stereocenters. The Morgan fingerprint density at radius 1 is 1.75 bits per heavy atom. The maximum absolute atomic E-state index is 11.1. The summed E-state index contributed by atoms with van der Waals surface area (Å²) < 4.78 is 4.70. The fraction of sp³-hybridized carbons (Fsp3) is 0.375. The summed E-state index contributed by atoms with van der Waals surface area (Å²) in [7, 11) is 1.55. The number of carbonyl (C=O) groups excluding carboxylic acids is 1. The third-order valence-electron chi connectivity index (χ3n) is 1.33. The van der Waals surface area contributed by atoms with E-state index in [1.54, 1.807) is 18.4 Å². The number of nitrogens with one attached hydrogen (secondary N) is 1. The Labute approximate surface area is 75.4 Å². The lowest BCUT2D eigenvalue weighted by Crippen LogP contribution is -2.26. The summed E-state index contributed by atoms with van der Waals surface area (Å²) in [5, 5.41) is 4.57. The van der Waals surface area contributed by atoms with Gasteiger partial charge in [-0.25, -0.2) is 0 Å². The van der Waals surface area contributed by atoms with Crippen LogP contribution in [0.2, 0.25) is 0 Å². The highest BCUT2D eigenvalue weighted by Crippen LogP contribution is 2.08. The van der Waals surface area contributed by atoms with Crippen molar-refractivity contribution in [3.8, 4) is 0 Å². The van der Waals surface area contributed by atoms with Gasteiger partial charge in [-0.1, -0.05) is 6.07 Å². The van der Waals surface area contributed by atoms with Crippen molar-refractivity contribution in [2.45, 2.75) is 6.42 Å². The van der Waals surface area contributed by atoms with Gasteiger partial charge in [0.2, 0.25) is 5.91 Å². The Balaban J connectivity index is 2.27. The molecule has 66 valence electrons. The molecule has 1 heterocycles. The zero-order valence-electron chi connectivity index (χ0n) is 6.87. The predicted octanol–water partition coefficient (Wildman–Crippen LogP) is 1.01. The lowest BCUT2D eigenvalue weighted by atomic mass is 10.3. The van der Waals surface area contributed by atoms with Crippen LogP contribution in [0.15, 0.2) is 17.5 Å². The second kappa shape index (κ2) is 4.90. The van der Waals surface area contributed by atoms with Gasteiger partial charge in [0, 0.05) is 12.0 Å². The maximum atomic E-state index is 11.1. The first-order chi connectivity index (χ1) is 5.83. The van der Waals surface area contributed by atoms with E-state index in [2.05, 4.69) is 5.32 Å². The Morgan fingerprint density at radius 2 is 2.58 bits per heavy atom. The molecule has 1 aromatic heterocycles. The minimum Gasteiger partial charge on any atom is -0.364 e. The third kappa shape index (κ3) is 3.02. The summed E-state index contributed by atoms with van der Waals surface area (Å²) >= 11 is 1.58. The van der Waals surface area contributed by atoms with Crippen molar-refractivity contribution >= 4 is 17.2 Å². The lowest BCUT2D eigenvalue weighted by molar-refractivity contribution is -0.121. The van der Waals surface area contributed by atoms with Crippen LogP contribution in [0.4, 0.5) is 0 Å². The maximum Gasteiger partial charge on any atom is 0.227 e. The van der Waals surface area contributed by atoms with Crippen LogP contribution in [0.25, 0.3) is 0 Å². The molecule has 1 aromatic rings. The van der Waals surface area contributed by atoms with Gasteiger partial charge in [-0.15, -0.1) is 11.3 Å². The molecule has 0 aliphatic heterocycles. The fourth-order valence-electron chi connectivity index (χ4n) is 0.787. The number of hydrogen-bond donors (Lipinski definition) is 1. The second-order valence-corrected chi connectivity index (χ2v) is 3.32. The molecule has 0 bridgehead atoms. The van der Waals surface area contributed by atoms with Gasteiger partial charge in [0.15, 0.2) is 0 Å². The normalized spacial score (nSPS) is 9.75. The largest absolute Gasteiger partial charge is 0.364 e. The van der Waals surface area contributed by atoms with Crippen LogP contribution in [-0.2, 0) is 16.0 Å². The van der Waals surface area contributed by atoms with Gasteiger partial charge in [0.25, 0.3) is 0 Å². The van der Waals surface area contributed by atoms with Gasteiger partial charge in [0.1, 0.15) is 6.73 Å². The van der Waals surface area contributed by atoms with E-state index in [1.807, 2.05) is 17.5 Å². The molecule has 0 aromatic carbocycles. The summed E-state index contributed by atoms with van der Waals surface area (Å²) in [6.07, 6.45) is 0.445. The SMILES string of the molecule is COCNC(=O)Cc1cccs1. The molecule has 4 heteroatoms. The molecule has 1 N–H and O–H groups in total. The van der Waals surface area contributed by atoms with Gasteiger partial charge in [-0.3, -0.25) is 4.79 Å². The Bertz CT molecular complexity index is 233. The van der Waals surface area contributed by atoms with Crippen LogP contribution >= 0.6 is 11.3 Å². The van der Waals surface area contributed by atoms with Gasteiger partial charge in [0.05, 0.1) is 6.42 Å². The molecule has 12 heavy (non-hydrogen) atoms.